The number of hydrogen-bond donors (Lipinski definition) is 1. The number of fused-ring (bicyclic) bond motifs is 1. The Morgan fingerprint density at radius 1 is 1.24 bits per heavy atom. The molecule has 9 heteroatoms. The molecule has 2 aromatic carbocycles. The van der Waals surface area contributed by atoms with Crippen molar-refractivity contribution >= 4 is 55.8 Å². The molecule has 0 spiro atoms. The molecule has 0 saturated carbocycles. The number of nitrogens with zero attached hydrogens (tertiary/aromatic N) is 2. The van der Waals surface area contributed by atoms with E-state index >= 15 is 0 Å². The van der Waals surface area contributed by atoms with Crippen molar-refractivity contribution in [1.82, 2.24) is 9.88 Å². The number of aromatic nitrogens is 1. The SMILES string of the molecule is COc1c(Cl)ccc(Cl)c1C(=O)Nc1nc2ccc(CN3CCOCC3)cc2s1. The fourth-order valence-corrected chi connectivity index (χ4v) is 4.64. The van der Waals surface area contributed by atoms with Crippen molar-refractivity contribution in [1.29, 1.82) is 0 Å². The zero-order valence-electron chi connectivity index (χ0n) is 15.7. The highest BCUT2D eigenvalue weighted by Crippen LogP contribution is 2.35. The second-order valence-corrected chi connectivity index (χ2v) is 8.45. The number of anilines is 1. The van der Waals surface area contributed by atoms with Crippen LogP contribution < -0.4 is 10.1 Å². The number of ether oxygens (including phenoxy) is 2. The van der Waals surface area contributed by atoms with Crippen LogP contribution in [-0.4, -0.2) is 49.2 Å². The minimum Gasteiger partial charge on any atom is -0.494 e. The maximum atomic E-state index is 12.8. The Hall–Kier alpha value is -1.90. The number of carbonyl (C=O) groups is 1. The van der Waals surface area contributed by atoms with Gasteiger partial charge in [-0.3, -0.25) is 15.0 Å². The van der Waals surface area contributed by atoms with Crippen LogP contribution in [0.5, 0.6) is 5.75 Å². The maximum Gasteiger partial charge on any atom is 0.262 e. The Bertz CT molecular complexity index is 1050. The van der Waals surface area contributed by atoms with Crippen molar-refractivity contribution < 1.29 is 14.3 Å². The van der Waals surface area contributed by atoms with E-state index < -0.39 is 5.91 Å². The monoisotopic (exact) mass is 451 g/mol. The number of rotatable bonds is 5. The van der Waals surface area contributed by atoms with Gasteiger partial charge in [0.15, 0.2) is 10.9 Å². The van der Waals surface area contributed by atoms with Gasteiger partial charge in [-0.1, -0.05) is 40.6 Å². The molecule has 1 amide bonds. The zero-order valence-corrected chi connectivity index (χ0v) is 18.0. The molecular weight excluding hydrogens is 433 g/mol. The highest BCUT2D eigenvalue weighted by Gasteiger charge is 2.21. The summed E-state index contributed by atoms with van der Waals surface area (Å²) in [4.78, 5) is 19.7. The van der Waals surface area contributed by atoms with Gasteiger partial charge < -0.3 is 9.47 Å². The van der Waals surface area contributed by atoms with Gasteiger partial charge in [-0.2, -0.15) is 0 Å². The van der Waals surface area contributed by atoms with E-state index in [1.807, 2.05) is 6.07 Å². The molecule has 0 unspecified atom stereocenters. The molecule has 4 rings (SSSR count). The largest absolute Gasteiger partial charge is 0.494 e. The summed E-state index contributed by atoms with van der Waals surface area (Å²) in [5, 5.41) is 3.88. The topological polar surface area (TPSA) is 63.7 Å². The van der Waals surface area contributed by atoms with Crippen LogP contribution in [0.1, 0.15) is 15.9 Å². The third-order valence-corrected chi connectivity index (χ3v) is 6.22. The first-order valence-corrected chi connectivity index (χ1v) is 10.7. The molecule has 1 fully saturated rings. The fraction of sp³-hybridized carbons (Fsp3) is 0.300. The summed E-state index contributed by atoms with van der Waals surface area (Å²) in [5.74, 6) is -0.174. The van der Waals surface area contributed by atoms with E-state index in [1.165, 1.54) is 24.0 Å². The number of halogens is 2. The molecule has 0 aliphatic carbocycles. The number of nitrogens with one attached hydrogen (secondary N) is 1. The maximum absolute atomic E-state index is 12.8. The smallest absolute Gasteiger partial charge is 0.262 e. The molecule has 1 aliphatic heterocycles. The molecule has 3 aromatic rings. The number of carbonyl (C=O) groups excluding carboxylic acids is 1. The average molecular weight is 452 g/mol. The Kier molecular flexibility index (Phi) is 6.22. The quantitative estimate of drug-likeness (QED) is 0.608. The lowest BCUT2D eigenvalue weighted by Crippen LogP contribution is -2.35. The molecule has 0 bridgehead atoms. The van der Waals surface area contributed by atoms with Crippen molar-refractivity contribution in [2.24, 2.45) is 0 Å². The van der Waals surface area contributed by atoms with Gasteiger partial charge in [0.1, 0.15) is 5.56 Å². The van der Waals surface area contributed by atoms with Gasteiger partial charge in [0.25, 0.3) is 5.91 Å². The van der Waals surface area contributed by atoms with Crippen LogP contribution in [0.3, 0.4) is 0 Å². The van der Waals surface area contributed by atoms with Gasteiger partial charge in [0.05, 0.1) is 40.6 Å². The summed E-state index contributed by atoms with van der Waals surface area (Å²) in [6.07, 6.45) is 0. The molecule has 1 N–H and O–H groups in total. The van der Waals surface area contributed by atoms with E-state index in [0.29, 0.717) is 10.2 Å². The Labute approximate surface area is 182 Å². The lowest BCUT2D eigenvalue weighted by atomic mass is 10.2. The fourth-order valence-electron chi connectivity index (χ4n) is 3.24. The van der Waals surface area contributed by atoms with Crippen molar-refractivity contribution in [2.45, 2.75) is 6.54 Å². The van der Waals surface area contributed by atoms with Crippen molar-refractivity contribution in [3.05, 3.63) is 51.5 Å². The molecule has 0 atom stereocenters. The van der Waals surface area contributed by atoms with Crippen LogP contribution in [0.4, 0.5) is 5.13 Å². The molecule has 1 aromatic heterocycles. The Balaban J connectivity index is 1.54. The van der Waals surface area contributed by atoms with E-state index in [0.717, 1.165) is 43.1 Å². The Morgan fingerprint density at radius 3 is 2.76 bits per heavy atom. The summed E-state index contributed by atoms with van der Waals surface area (Å²) in [5.41, 5.74) is 2.23. The zero-order chi connectivity index (χ0) is 20.4. The molecule has 29 heavy (non-hydrogen) atoms. The van der Waals surface area contributed by atoms with E-state index in [-0.39, 0.29) is 16.3 Å². The average Bonchev–Trinajstić information content (AvgIpc) is 3.11. The van der Waals surface area contributed by atoms with Crippen LogP contribution >= 0.6 is 34.5 Å². The van der Waals surface area contributed by atoms with E-state index in [2.05, 4.69) is 27.3 Å². The number of benzene rings is 2. The van der Waals surface area contributed by atoms with Crippen molar-refractivity contribution in [3.8, 4) is 5.75 Å². The molecule has 0 radical (unpaired) electrons. The highest BCUT2D eigenvalue weighted by molar-refractivity contribution is 7.22. The molecular formula is C20H19Cl2N3O3S. The predicted octanol–water partition coefficient (Wildman–Crippen LogP) is 4.70. The van der Waals surface area contributed by atoms with E-state index in [1.54, 1.807) is 12.1 Å². The molecule has 1 saturated heterocycles. The number of morpholine rings is 1. The van der Waals surface area contributed by atoms with Crippen LogP contribution in [0.15, 0.2) is 30.3 Å². The lowest BCUT2D eigenvalue weighted by Gasteiger charge is -2.26. The standard InChI is InChI=1S/C20H19Cl2N3O3S/c1-27-18-14(22)4-3-13(21)17(18)19(26)24-20-23-15-5-2-12(10-16(15)29-20)11-25-6-8-28-9-7-25/h2-5,10H,6-9,11H2,1H3,(H,23,24,26). The summed E-state index contributed by atoms with van der Waals surface area (Å²) >= 11 is 13.7. The van der Waals surface area contributed by atoms with Gasteiger partial charge in [-0.05, 0) is 29.8 Å². The minimum absolute atomic E-state index is 0.189. The first-order valence-electron chi connectivity index (χ1n) is 9.08. The van der Waals surface area contributed by atoms with Crippen LogP contribution in [0, 0.1) is 0 Å². The summed E-state index contributed by atoms with van der Waals surface area (Å²) in [6, 6.07) is 9.32. The van der Waals surface area contributed by atoms with Crippen molar-refractivity contribution in [2.75, 3.05) is 38.7 Å². The molecule has 1 aliphatic rings. The predicted molar refractivity (Wildman–Crippen MR) is 117 cm³/mol. The van der Waals surface area contributed by atoms with Gasteiger partial charge in [-0.15, -0.1) is 0 Å². The third kappa shape index (κ3) is 4.49. The lowest BCUT2D eigenvalue weighted by molar-refractivity contribution is 0.0342. The summed E-state index contributed by atoms with van der Waals surface area (Å²) < 4.78 is 11.7. The highest BCUT2D eigenvalue weighted by atomic mass is 35.5. The first kappa shape index (κ1) is 20.4. The van der Waals surface area contributed by atoms with Gasteiger partial charge >= 0.3 is 0 Å². The first-order chi connectivity index (χ1) is 14.0. The Morgan fingerprint density at radius 2 is 2.00 bits per heavy atom. The molecule has 2 heterocycles. The number of methoxy groups -OCH3 is 1. The second kappa shape index (κ2) is 8.85. The van der Waals surface area contributed by atoms with Gasteiger partial charge in [0.2, 0.25) is 0 Å². The number of amides is 1. The van der Waals surface area contributed by atoms with Crippen molar-refractivity contribution in [3.63, 3.8) is 0 Å². The third-order valence-electron chi connectivity index (χ3n) is 4.67. The van der Waals surface area contributed by atoms with E-state index in [4.69, 9.17) is 32.7 Å². The van der Waals surface area contributed by atoms with Crippen LogP contribution in [0.2, 0.25) is 10.0 Å². The summed E-state index contributed by atoms with van der Waals surface area (Å²) in [6.45, 7) is 4.28. The normalized spacial score (nSPS) is 14.9. The minimum atomic E-state index is -0.415. The van der Waals surface area contributed by atoms with Crippen LogP contribution in [0.25, 0.3) is 10.2 Å². The van der Waals surface area contributed by atoms with Gasteiger partial charge in [-0.25, -0.2) is 4.98 Å². The number of thiazole rings is 1. The molecule has 152 valence electrons. The van der Waals surface area contributed by atoms with Crippen LogP contribution in [-0.2, 0) is 11.3 Å². The molecule has 6 nitrogen and oxygen atoms in total. The number of hydrogen-bond acceptors (Lipinski definition) is 6. The van der Waals surface area contributed by atoms with E-state index in [9.17, 15) is 4.79 Å². The summed E-state index contributed by atoms with van der Waals surface area (Å²) in [7, 11) is 1.45. The van der Waals surface area contributed by atoms with Gasteiger partial charge in [0, 0.05) is 19.6 Å². The second-order valence-electron chi connectivity index (χ2n) is 6.60.